The van der Waals surface area contributed by atoms with Crippen molar-refractivity contribution >= 4 is 15.7 Å². The Kier molecular flexibility index (Phi) is 5.03. The smallest absolute Gasteiger partial charge is 0.238 e. The summed E-state index contributed by atoms with van der Waals surface area (Å²) in [7, 11) is -2.48. The van der Waals surface area contributed by atoms with Crippen LogP contribution in [0.1, 0.15) is 0 Å². The number of hydrogen-bond acceptors (Lipinski definition) is 5. The summed E-state index contributed by atoms with van der Waals surface area (Å²) in [4.78, 5) is -0.308. The van der Waals surface area contributed by atoms with Crippen LogP contribution in [0.5, 0.6) is 0 Å². The number of benzene rings is 1. The van der Waals surface area contributed by atoms with Crippen molar-refractivity contribution in [2.75, 3.05) is 25.6 Å². The second-order valence-electron chi connectivity index (χ2n) is 3.67. The third-order valence-corrected chi connectivity index (χ3v) is 3.13. The van der Waals surface area contributed by atoms with Crippen molar-refractivity contribution in [3.63, 3.8) is 0 Å². The number of hydrogen-bond donors (Lipinski definition) is 3. The molecule has 0 saturated heterocycles. The lowest BCUT2D eigenvalue weighted by molar-refractivity contribution is 0.153. The first kappa shape index (κ1) is 14.8. The highest BCUT2D eigenvalue weighted by atomic mass is 32.2. The van der Waals surface area contributed by atoms with E-state index in [2.05, 4.69) is 5.32 Å². The van der Waals surface area contributed by atoms with E-state index in [9.17, 15) is 12.8 Å². The number of anilines is 1. The van der Waals surface area contributed by atoms with E-state index < -0.39 is 21.9 Å². The zero-order chi connectivity index (χ0) is 13.8. The Bertz CT molecular complexity index is 507. The summed E-state index contributed by atoms with van der Waals surface area (Å²) in [6.07, 6.45) is 0. The first-order valence-electron chi connectivity index (χ1n) is 5.07. The number of halogens is 1. The molecule has 4 N–H and O–H groups in total. The lowest BCUT2D eigenvalue weighted by Crippen LogP contribution is -2.29. The fraction of sp³-hybridized carbons (Fsp3) is 0.400. The topological polar surface area (TPSA) is 102 Å². The Morgan fingerprint density at radius 1 is 1.56 bits per heavy atom. The van der Waals surface area contributed by atoms with E-state index in [0.29, 0.717) is 0 Å². The highest BCUT2D eigenvalue weighted by Gasteiger charge is 2.14. The predicted molar refractivity (Wildman–Crippen MR) is 64.1 cm³/mol. The molecule has 1 rings (SSSR count). The molecule has 0 amide bonds. The van der Waals surface area contributed by atoms with Gasteiger partial charge in [-0.3, -0.25) is 0 Å². The van der Waals surface area contributed by atoms with Gasteiger partial charge in [0.25, 0.3) is 0 Å². The van der Waals surface area contributed by atoms with Gasteiger partial charge in [0.2, 0.25) is 10.0 Å². The van der Waals surface area contributed by atoms with Gasteiger partial charge in [-0.25, -0.2) is 17.9 Å². The normalized spacial score (nSPS) is 13.3. The Hall–Kier alpha value is -1.22. The van der Waals surface area contributed by atoms with Crippen LogP contribution in [0.3, 0.4) is 0 Å². The number of sulfonamides is 1. The second-order valence-corrected chi connectivity index (χ2v) is 5.23. The number of aliphatic hydroxyl groups excluding tert-OH is 1. The molecule has 0 spiro atoms. The Morgan fingerprint density at radius 3 is 2.67 bits per heavy atom. The fourth-order valence-corrected chi connectivity index (χ4v) is 1.88. The van der Waals surface area contributed by atoms with Crippen molar-refractivity contribution in [2.24, 2.45) is 5.14 Å². The molecule has 0 aliphatic carbocycles. The molecule has 0 aromatic heterocycles. The number of aliphatic hydroxyl groups is 1. The maximum absolute atomic E-state index is 13.6. The zero-order valence-electron chi connectivity index (χ0n) is 9.76. The average Bonchev–Trinajstić information content (AvgIpc) is 2.29. The predicted octanol–water partition coefficient (Wildman–Crippen LogP) is -0.108. The molecule has 0 aliphatic rings. The summed E-state index contributed by atoms with van der Waals surface area (Å²) in [5.74, 6) is -0.768. The van der Waals surface area contributed by atoms with Crippen LogP contribution in [0.25, 0.3) is 0 Å². The van der Waals surface area contributed by atoms with Crippen molar-refractivity contribution < 1.29 is 22.7 Å². The first-order valence-corrected chi connectivity index (χ1v) is 6.61. The number of rotatable bonds is 6. The Balaban J connectivity index is 2.92. The van der Waals surface area contributed by atoms with Gasteiger partial charge in [-0.2, -0.15) is 0 Å². The van der Waals surface area contributed by atoms with Gasteiger partial charge in [0.05, 0.1) is 29.8 Å². The standard InChI is InChI=1S/C10H15FN2O4S/c1-17-6-7(5-14)13-10-3-2-8(4-9(10)11)18(12,15)16/h2-4,7,13-14H,5-6H2,1H3,(H2,12,15,16). The molecule has 1 aromatic rings. The SMILES string of the molecule is COCC(CO)Nc1ccc(S(N)(=O)=O)cc1F. The van der Waals surface area contributed by atoms with Crippen LogP contribution in [0.15, 0.2) is 23.1 Å². The first-order chi connectivity index (χ1) is 8.38. The van der Waals surface area contributed by atoms with Crippen molar-refractivity contribution in [3.05, 3.63) is 24.0 Å². The molecule has 102 valence electrons. The van der Waals surface area contributed by atoms with E-state index in [-0.39, 0.29) is 23.8 Å². The van der Waals surface area contributed by atoms with Crippen LogP contribution in [0.4, 0.5) is 10.1 Å². The van der Waals surface area contributed by atoms with E-state index >= 15 is 0 Å². The molecule has 0 heterocycles. The Labute approximate surface area is 105 Å². The quantitative estimate of drug-likeness (QED) is 0.674. The highest BCUT2D eigenvalue weighted by Crippen LogP contribution is 2.18. The average molecular weight is 278 g/mol. The zero-order valence-corrected chi connectivity index (χ0v) is 10.6. The fourth-order valence-electron chi connectivity index (χ4n) is 1.35. The molecule has 6 nitrogen and oxygen atoms in total. The van der Waals surface area contributed by atoms with Crippen LogP contribution in [0, 0.1) is 5.82 Å². The van der Waals surface area contributed by atoms with Gasteiger partial charge in [0.15, 0.2) is 0 Å². The van der Waals surface area contributed by atoms with E-state index in [4.69, 9.17) is 15.0 Å². The van der Waals surface area contributed by atoms with E-state index in [0.717, 1.165) is 6.07 Å². The molecule has 18 heavy (non-hydrogen) atoms. The van der Waals surface area contributed by atoms with Gasteiger partial charge in [-0.1, -0.05) is 0 Å². The molecule has 0 saturated carbocycles. The number of nitrogens with one attached hydrogen (secondary N) is 1. The molecule has 1 aromatic carbocycles. The van der Waals surface area contributed by atoms with Crippen molar-refractivity contribution in [1.82, 2.24) is 0 Å². The third-order valence-electron chi connectivity index (χ3n) is 2.22. The maximum Gasteiger partial charge on any atom is 0.238 e. The highest BCUT2D eigenvalue weighted by molar-refractivity contribution is 7.89. The molecule has 0 radical (unpaired) electrons. The molecule has 1 atom stereocenters. The van der Waals surface area contributed by atoms with Gasteiger partial charge in [0.1, 0.15) is 5.82 Å². The summed E-state index contributed by atoms with van der Waals surface area (Å²) >= 11 is 0. The van der Waals surface area contributed by atoms with Gasteiger partial charge in [-0.15, -0.1) is 0 Å². The van der Waals surface area contributed by atoms with E-state index in [1.807, 2.05) is 0 Å². The summed E-state index contributed by atoms with van der Waals surface area (Å²) < 4.78 is 40.5. The second kappa shape index (κ2) is 6.10. The molecule has 1 unspecified atom stereocenters. The lowest BCUT2D eigenvalue weighted by atomic mass is 10.2. The summed E-state index contributed by atoms with van der Waals surface area (Å²) in [5.41, 5.74) is 0.0681. The van der Waals surface area contributed by atoms with Gasteiger partial charge in [-0.05, 0) is 18.2 Å². The third kappa shape index (κ3) is 3.91. The van der Waals surface area contributed by atoms with Gasteiger partial charge < -0.3 is 15.2 Å². The number of ether oxygens (including phenoxy) is 1. The van der Waals surface area contributed by atoms with Crippen molar-refractivity contribution in [2.45, 2.75) is 10.9 Å². The van der Waals surface area contributed by atoms with E-state index in [1.54, 1.807) is 0 Å². The molecular weight excluding hydrogens is 263 g/mol. The summed E-state index contributed by atoms with van der Waals surface area (Å²) in [5, 5.41) is 16.6. The lowest BCUT2D eigenvalue weighted by Gasteiger charge is -2.17. The molecular formula is C10H15FN2O4S. The van der Waals surface area contributed by atoms with Crippen LogP contribution in [0.2, 0.25) is 0 Å². The largest absolute Gasteiger partial charge is 0.394 e. The minimum Gasteiger partial charge on any atom is -0.394 e. The van der Waals surface area contributed by atoms with Gasteiger partial charge in [0, 0.05) is 7.11 Å². The van der Waals surface area contributed by atoms with Crippen LogP contribution >= 0.6 is 0 Å². The van der Waals surface area contributed by atoms with Crippen LogP contribution < -0.4 is 10.5 Å². The molecule has 8 heteroatoms. The number of methoxy groups -OCH3 is 1. The van der Waals surface area contributed by atoms with Crippen LogP contribution in [-0.2, 0) is 14.8 Å². The minimum atomic E-state index is -3.93. The summed E-state index contributed by atoms with van der Waals surface area (Å²) in [6.45, 7) is -0.0584. The monoisotopic (exact) mass is 278 g/mol. The Morgan fingerprint density at radius 2 is 2.22 bits per heavy atom. The number of nitrogens with two attached hydrogens (primary N) is 1. The van der Waals surface area contributed by atoms with Crippen LogP contribution in [-0.4, -0.2) is 39.9 Å². The van der Waals surface area contributed by atoms with Crippen molar-refractivity contribution in [1.29, 1.82) is 0 Å². The summed E-state index contributed by atoms with van der Waals surface area (Å²) in [6, 6.07) is 2.76. The minimum absolute atomic E-state index is 0.0681. The van der Waals surface area contributed by atoms with Crippen molar-refractivity contribution in [3.8, 4) is 0 Å². The maximum atomic E-state index is 13.6. The molecule has 0 aliphatic heterocycles. The molecule has 0 bridgehead atoms. The van der Waals surface area contributed by atoms with E-state index in [1.165, 1.54) is 19.2 Å². The van der Waals surface area contributed by atoms with Gasteiger partial charge >= 0.3 is 0 Å². The number of primary sulfonamides is 1. The molecule has 0 fully saturated rings.